The Balaban J connectivity index is 1.78. The zero-order valence-corrected chi connectivity index (χ0v) is 10.2. The van der Waals surface area contributed by atoms with Gasteiger partial charge in [-0.05, 0) is 63.9 Å². The van der Waals surface area contributed by atoms with E-state index in [1.807, 2.05) is 7.05 Å². The van der Waals surface area contributed by atoms with Crippen LogP contribution in [0.2, 0.25) is 0 Å². The number of hydrogen-bond acceptors (Lipinski definition) is 3. The molecule has 1 saturated heterocycles. The molecule has 90 valence electrons. The Morgan fingerprint density at radius 1 is 1.38 bits per heavy atom. The third-order valence-corrected chi connectivity index (χ3v) is 3.31. The van der Waals surface area contributed by atoms with E-state index >= 15 is 0 Å². The second kappa shape index (κ2) is 6.06. The van der Waals surface area contributed by atoms with E-state index < -0.39 is 0 Å². The summed E-state index contributed by atoms with van der Waals surface area (Å²) in [7, 11) is 2.01. The van der Waals surface area contributed by atoms with Gasteiger partial charge >= 0.3 is 0 Å². The van der Waals surface area contributed by atoms with Gasteiger partial charge in [-0.25, -0.2) is 0 Å². The van der Waals surface area contributed by atoms with Gasteiger partial charge in [0.05, 0.1) is 6.17 Å². The lowest BCUT2D eigenvalue weighted by atomic mass is 9.98. The maximum atomic E-state index is 3.59. The minimum atomic E-state index is 0.415. The molecule has 0 aliphatic carbocycles. The quantitative estimate of drug-likeness (QED) is 0.616. The van der Waals surface area contributed by atoms with Crippen LogP contribution in [0.25, 0.3) is 0 Å². The molecule has 0 aromatic heterocycles. The van der Waals surface area contributed by atoms with Crippen molar-refractivity contribution in [2.45, 2.75) is 38.3 Å². The van der Waals surface area contributed by atoms with Crippen molar-refractivity contribution in [3.8, 4) is 0 Å². The summed E-state index contributed by atoms with van der Waals surface area (Å²) in [6, 6.07) is 0. The summed E-state index contributed by atoms with van der Waals surface area (Å²) in [5.41, 5.74) is 2.91. The summed E-state index contributed by atoms with van der Waals surface area (Å²) >= 11 is 0. The highest BCUT2D eigenvalue weighted by atomic mass is 15.1. The molecule has 3 N–H and O–H groups in total. The Morgan fingerprint density at radius 2 is 2.31 bits per heavy atom. The van der Waals surface area contributed by atoms with E-state index in [4.69, 9.17) is 0 Å². The second-order valence-electron chi connectivity index (χ2n) is 4.63. The Hall–Kier alpha value is -0.800. The summed E-state index contributed by atoms with van der Waals surface area (Å²) in [6.07, 6.45) is 11.2. The lowest BCUT2D eigenvalue weighted by Crippen LogP contribution is -2.47. The monoisotopic (exact) mass is 221 g/mol. The summed E-state index contributed by atoms with van der Waals surface area (Å²) in [4.78, 5) is 0. The molecule has 1 atom stereocenters. The first-order chi connectivity index (χ1) is 7.90. The normalized spacial score (nSPS) is 24.2. The van der Waals surface area contributed by atoms with Crippen molar-refractivity contribution in [3.63, 3.8) is 0 Å². The molecule has 0 spiro atoms. The van der Waals surface area contributed by atoms with Gasteiger partial charge in [-0.15, -0.1) is 0 Å². The molecule has 0 aromatic carbocycles. The molecule has 0 saturated carbocycles. The molecule has 2 rings (SSSR count). The second-order valence-corrected chi connectivity index (χ2v) is 4.63. The molecule has 3 nitrogen and oxygen atoms in total. The lowest BCUT2D eigenvalue weighted by Gasteiger charge is -2.32. The number of rotatable bonds is 5. The van der Waals surface area contributed by atoms with Crippen LogP contribution in [-0.2, 0) is 0 Å². The molecule has 3 heteroatoms. The topological polar surface area (TPSA) is 36.1 Å². The highest BCUT2D eigenvalue weighted by Gasteiger charge is 2.20. The maximum Gasteiger partial charge on any atom is 0.0991 e. The highest BCUT2D eigenvalue weighted by molar-refractivity contribution is 5.28. The van der Waals surface area contributed by atoms with Crippen molar-refractivity contribution in [2.24, 2.45) is 0 Å². The molecule has 0 radical (unpaired) electrons. The third kappa shape index (κ3) is 3.09. The molecular formula is C13H23N3. The van der Waals surface area contributed by atoms with Crippen LogP contribution in [-0.4, -0.2) is 26.3 Å². The van der Waals surface area contributed by atoms with E-state index in [9.17, 15) is 0 Å². The Kier molecular flexibility index (Phi) is 4.43. The number of dihydropyridines is 1. The zero-order chi connectivity index (χ0) is 11.2. The van der Waals surface area contributed by atoms with Crippen LogP contribution < -0.4 is 16.0 Å². The summed E-state index contributed by atoms with van der Waals surface area (Å²) in [5, 5.41) is 10.3. The van der Waals surface area contributed by atoms with Gasteiger partial charge in [-0.1, -0.05) is 6.08 Å². The van der Waals surface area contributed by atoms with E-state index in [0.29, 0.717) is 6.17 Å². The number of unbranched alkanes of at least 4 members (excludes halogenated alkanes) is 1. The van der Waals surface area contributed by atoms with Crippen LogP contribution in [0.15, 0.2) is 23.4 Å². The van der Waals surface area contributed by atoms with Crippen molar-refractivity contribution >= 4 is 0 Å². The van der Waals surface area contributed by atoms with E-state index in [1.165, 1.54) is 43.4 Å². The highest BCUT2D eigenvalue weighted by Crippen LogP contribution is 2.20. The summed E-state index contributed by atoms with van der Waals surface area (Å²) < 4.78 is 0. The van der Waals surface area contributed by atoms with Crippen molar-refractivity contribution < 1.29 is 0 Å². The van der Waals surface area contributed by atoms with Gasteiger partial charge in [0.2, 0.25) is 0 Å². The van der Waals surface area contributed by atoms with Crippen LogP contribution in [0.3, 0.4) is 0 Å². The molecule has 16 heavy (non-hydrogen) atoms. The Morgan fingerprint density at radius 3 is 3.19 bits per heavy atom. The molecular weight excluding hydrogens is 198 g/mol. The molecule has 0 aromatic rings. The predicted molar refractivity (Wildman–Crippen MR) is 68.1 cm³/mol. The average Bonchev–Trinajstić information content (AvgIpc) is 2.34. The van der Waals surface area contributed by atoms with Crippen LogP contribution in [0.4, 0.5) is 0 Å². The summed E-state index contributed by atoms with van der Waals surface area (Å²) in [5.74, 6) is 0. The van der Waals surface area contributed by atoms with Gasteiger partial charge in [0.15, 0.2) is 0 Å². The number of fused-ring (bicyclic) bond motifs is 1. The number of hydrogen-bond donors (Lipinski definition) is 3. The smallest absolute Gasteiger partial charge is 0.0991 e. The largest absolute Gasteiger partial charge is 0.370 e. The number of piperidine rings is 1. The van der Waals surface area contributed by atoms with Crippen molar-refractivity contribution in [2.75, 3.05) is 20.1 Å². The lowest BCUT2D eigenvalue weighted by molar-refractivity contribution is 0.436. The first-order valence-corrected chi connectivity index (χ1v) is 6.44. The molecule has 0 bridgehead atoms. The van der Waals surface area contributed by atoms with Gasteiger partial charge in [0.25, 0.3) is 0 Å². The van der Waals surface area contributed by atoms with Gasteiger partial charge < -0.3 is 10.6 Å². The van der Waals surface area contributed by atoms with Crippen LogP contribution in [0, 0.1) is 0 Å². The first-order valence-electron chi connectivity index (χ1n) is 6.44. The zero-order valence-electron chi connectivity index (χ0n) is 10.2. The van der Waals surface area contributed by atoms with E-state index in [-0.39, 0.29) is 0 Å². The van der Waals surface area contributed by atoms with Crippen molar-refractivity contribution in [1.29, 1.82) is 0 Å². The van der Waals surface area contributed by atoms with Crippen molar-refractivity contribution in [3.05, 3.63) is 23.4 Å². The minimum absolute atomic E-state index is 0.415. The molecule has 2 aliphatic rings. The fourth-order valence-corrected chi connectivity index (χ4v) is 2.35. The van der Waals surface area contributed by atoms with Crippen LogP contribution >= 0.6 is 0 Å². The molecule has 1 unspecified atom stereocenters. The van der Waals surface area contributed by atoms with E-state index in [1.54, 1.807) is 0 Å². The van der Waals surface area contributed by atoms with Gasteiger partial charge in [-0.3, -0.25) is 5.32 Å². The SMILES string of the molecule is CNCCCCC1=CC=C2CCCNC2N1. The fourth-order valence-electron chi connectivity index (χ4n) is 2.35. The summed E-state index contributed by atoms with van der Waals surface area (Å²) in [6.45, 7) is 2.26. The van der Waals surface area contributed by atoms with E-state index in [0.717, 1.165) is 13.1 Å². The standard InChI is InChI=1S/C13H23N3/c1-14-9-3-2-6-12-8-7-11-5-4-10-15-13(11)16-12/h7-8,13-16H,2-6,9-10H2,1H3. The molecule has 1 fully saturated rings. The van der Waals surface area contributed by atoms with Crippen LogP contribution in [0.5, 0.6) is 0 Å². The molecule has 0 amide bonds. The fraction of sp³-hybridized carbons (Fsp3) is 0.692. The van der Waals surface area contributed by atoms with Crippen molar-refractivity contribution in [1.82, 2.24) is 16.0 Å². The van der Waals surface area contributed by atoms with Gasteiger partial charge in [-0.2, -0.15) is 0 Å². The maximum absolute atomic E-state index is 3.59. The third-order valence-electron chi connectivity index (χ3n) is 3.31. The molecule has 2 aliphatic heterocycles. The Labute approximate surface area is 98.4 Å². The number of allylic oxidation sites excluding steroid dienone is 3. The van der Waals surface area contributed by atoms with Gasteiger partial charge in [0.1, 0.15) is 0 Å². The minimum Gasteiger partial charge on any atom is -0.370 e. The van der Waals surface area contributed by atoms with E-state index in [2.05, 4.69) is 28.1 Å². The number of nitrogens with one attached hydrogen (secondary N) is 3. The first kappa shape index (κ1) is 11.7. The van der Waals surface area contributed by atoms with Crippen LogP contribution in [0.1, 0.15) is 32.1 Å². The average molecular weight is 221 g/mol. The van der Waals surface area contributed by atoms with Gasteiger partial charge in [0, 0.05) is 5.70 Å². The Bertz CT molecular complexity index is 281. The predicted octanol–water partition coefficient (Wildman–Crippen LogP) is 1.50. The molecule has 2 heterocycles.